The number of carboxylic acid groups (broad SMARTS) is 1. The highest BCUT2D eigenvalue weighted by Gasteiger charge is 2.41. The third-order valence-electron chi connectivity index (χ3n) is 3.73. The lowest BCUT2D eigenvalue weighted by Crippen LogP contribution is -2.46. The maximum Gasteiger partial charge on any atom is 0.308 e. The number of thiophene rings is 1. The van der Waals surface area contributed by atoms with Crippen LogP contribution in [0.25, 0.3) is 0 Å². The first-order valence-electron chi connectivity index (χ1n) is 6.61. The topological polar surface area (TPSA) is 66.8 Å². The van der Waals surface area contributed by atoms with Crippen molar-refractivity contribution in [3.05, 3.63) is 21.9 Å². The molecule has 0 saturated carbocycles. The van der Waals surface area contributed by atoms with Crippen molar-refractivity contribution >= 4 is 23.2 Å². The summed E-state index contributed by atoms with van der Waals surface area (Å²) in [6, 6.07) is 1.59. The molecule has 1 fully saturated rings. The smallest absolute Gasteiger partial charge is 0.308 e. The molecule has 1 aromatic rings. The minimum absolute atomic E-state index is 0.0114. The fraction of sp³-hybridized carbons (Fsp3) is 0.571. The molecule has 1 aliphatic rings. The van der Waals surface area contributed by atoms with Crippen molar-refractivity contribution in [3.63, 3.8) is 0 Å². The third-order valence-corrected chi connectivity index (χ3v) is 4.82. The first-order valence-corrected chi connectivity index (χ1v) is 7.49. The van der Waals surface area contributed by atoms with Crippen LogP contribution in [0.2, 0.25) is 0 Å². The molecule has 2 heterocycles. The van der Waals surface area contributed by atoms with Crippen molar-refractivity contribution in [1.82, 2.24) is 4.90 Å². The molecule has 0 aliphatic carbocycles. The van der Waals surface area contributed by atoms with Gasteiger partial charge in [0.25, 0.3) is 0 Å². The van der Waals surface area contributed by atoms with E-state index in [1.165, 1.54) is 11.3 Å². The Morgan fingerprint density at radius 1 is 1.60 bits per heavy atom. The van der Waals surface area contributed by atoms with Crippen molar-refractivity contribution in [3.8, 4) is 0 Å². The average molecular weight is 297 g/mol. The molecule has 1 aliphatic heterocycles. The van der Waals surface area contributed by atoms with Gasteiger partial charge < -0.3 is 14.7 Å². The van der Waals surface area contributed by atoms with Crippen LogP contribution in [0.4, 0.5) is 0 Å². The van der Waals surface area contributed by atoms with E-state index < -0.39 is 11.9 Å². The van der Waals surface area contributed by atoms with Crippen molar-refractivity contribution in [1.29, 1.82) is 0 Å². The summed E-state index contributed by atoms with van der Waals surface area (Å²) in [6.45, 7) is 2.80. The van der Waals surface area contributed by atoms with E-state index in [4.69, 9.17) is 4.74 Å². The number of rotatable bonds is 5. The average Bonchev–Trinajstić information content (AvgIpc) is 2.82. The summed E-state index contributed by atoms with van der Waals surface area (Å²) in [5, 5.41) is 11.4. The number of aliphatic carboxylic acids is 1. The molecule has 6 heteroatoms. The number of likely N-dealkylation sites (tertiary alicyclic amines) is 1. The monoisotopic (exact) mass is 297 g/mol. The molecular weight excluding hydrogens is 278 g/mol. The quantitative estimate of drug-likeness (QED) is 0.903. The van der Waals surface area contributed by atoms with Crippen molar-refractivity contribution in [2.45, 2.75) is 25.8 Å². The summed E-state index contributed by atoms with van der Waals surface area (Å²) >= 11 is 1.52. The highest BCUT2D eigenvalue weighted by Crippen LogP contribution is 2.40. The van der Waals surface area contributed by atoms with E-state index in [0.717, 1.165) is 10.4 Å². The number of amides is 1. The molecular formula is C14H19NO4S. The Kier molecular flexibility index (Phi) is 4.77. The van der Waals surface area contributed by atoms with Gasteiger partial charge in [-0.05, 0) is 30.4 Å². The number of hydrogen-bond donors (Lipinski definition) is 1. The SMILES string of the molecule is COCCN1C(=O)CCC(C(=O)O)C1c1sccc1C. The summed E-state index contributed by atoms with van der Waals surface area (Å²) < 4.78 is 5.05. The minimum atomic E-state index is -0.835. The van der Waals surface area contributed by atoms with Crippen molar-refractivity contribution in [2.24, 2.45) is 5.92 Å². The predicted molar refractivity (Wildman–Crippen MR) is 75.7 cm³/mol. The van der Waals surface area contributed by atoms with Crippen LogP contribution in [-0.4, -0.2) is 42.1 Å². The first kappa shape index (κ1) is 15.0. The summed E-state index contributed by atoms with van der Waals surface area (Å²) in [6.07, 6.45) is 0.696. The summed E-state index contributed by atoms with van der Waals surface area (Å²) in [7, 11) is 1.58. The van der Waals surface area contributed by atoms with E-state index in [1.54, 1.807) is 12.0 Å². The van der Waals surface area contributed by atoms with Gasteiger partial charge in [0, 0.05) is 25.0 Å². The Bertz CT molecular complexity index is 499. The number of carbonyl (C=O) groups is 2. The number of hydrogen-bond acceptors (Lipinski definition) is 4. The molecule has 5 nitrogen and oxygen atoms in total. The fourth-order valence-electron chi connectivity index (χ4n) is 2.68. The van der Waals surface area contributed by atoms with Gasteiger partial charge in [0.1, 0.15) is 0 Å². The van der Waals surface area contributed by atoms with Crippen LogP contribution in [0, 0.1) is 12.8 Å². The van der Waals surface area contributed by atoms with Crippen molar-refractivity contribution in [2.75, 3.05) is 20.3 Å². The second kappa shape index (κ2) is 6.37. The molecule has 1 aromatic heterocycles. The lowest BCUT2D eigenvalue weighted by molar-refractivity contribution is -0.152. The van der Waals surface area contributed by atoms with Crippen LogP contribution in [0.15, 0.2) is 11.4 Å². The van der Waals surface area contributed by atoms with Gasteiger partial charge in [-0.25, -0.2) is 0 Å². The maximum atomic E-state index is 12.2. The lowest BCUT2D eigenvalue weighted by Gasteiger charge is -2.39. The Morgan fingerprint density at radius 2 is 2.35 bits per heavy atom. The Balaban J connectivity index is 2.36. The van der Waals surface area contributed by atoms with E-state index in [9.17, 15) is 14.7 Å². The summed E-state index contributed by atoms with van der Waals surface area (Å²) in [5.41, 5.74) is 1.04. The molecule has 0 radical (unpaired) electrons. The number of aryl methyl sites for hydroxylation is 1. The van der Waals surface area contributed by atoms with E-state index in [-0.39, 0.29) is 11.9 Å². The van der Waals surface area contributed by atoms with E-state index in [2.05, 4.69) is 0 Å². The molecule has 2 rings (SSSR count). The standard InChI is InChI=1S/C14H19NO4S/c1-9-5-8-20-13(9)12-10(14(17)18)3-4-11(16)15(12)6-7-19-2/h5,8,10,12H,3-4,6-7H2,1-2H3,(H,17,18). The van der Waals surface area contributed by atoms with Crippen LogP contribution in [-0.2, 0) is 14.3 Å². The van der Waals surface area contributed by atoms with Crippen LogP contribution >= 0.6 is 11.3 Å². The Hall–Kier alpha value is -1.40. The third kappa shape index (κ3) is 2.86. The zero-order valence-corrected chi connectivity index (χ0v) is 12.5. The molecule has 1 N–H and O–H groups in total. The van der Waals surface area contributed by atoms with Gasteiger partial charge in [-0.1, -0.05) is 0 Å². The molecule has 2 atom stereocenters. The van der Waals surface area contributed by atoms with Crippen LogP contribution in [0.3, 0.4) is 0 Å². The number of carbonyl (C=O) groups excluding carboxylic acids is 1. The lowest BCUT2D eigenvalue weighted by atomic mass is 9.86. The number of ether oxygens (including phenoxy) is 1. The van der Waals surface area contributed by atoms with Gasteiger partial charge in [-0.15, -0.1) is 11.3 Å². The summed E-state index contributed by atoms with van der Waals surface area (Å²) in [5.74, 6) is -1.36. The molecule has 20 heavy (non-hydrogen) atoms. The second-order valence-corrected chi connectivity index (χ2v) is 5.92. The van der Waals surface area contributed by atoms with Crippen LogP contribution in [0.5, 0.6) is 0 Å². The van der Waals surface area contributed by atoms with Gasteiger partial charge in [0.2, 0.25) is 5.91 Å². The predicted octanol–water partition coefficient (Wildman–Crippen LogP) is 2.07. The molecule has 0 bridgehead atoms. The van der Waals surface area contributed by atoms with Gasteiger partial charge in [0.05, 0.1) is 18.6 Å². The zero-order chi connectivity index (χ0) is 14.7. The van der Waals surface area contributed by atoms with Gasteiger partial charge >= 0.3 is 5.97 Å². The number of nitrogens with zero attached hydrogens (tertiary/aromatic N) is 1. The Morgan fingerprint density at radius 3 is 2.90 bits per heavy atom. The van der Waals surface area contributed by atoms with Crippen LogP contribution < -0.4 is 0 Å². The molecule has 0 aromatic carbocycles. The Labute approximate surface area is 122 Å². The largest absolute Gasteiger partial charge is 0.481 e. The van der Waals surface area contributed by atoms with Gasteiger partial charge in [-0.2, -0.15) is 0 Å². The maximum absolute atomic E-state index is 12.2. The highest BCUT2D eigenvalue weighted by molar-refractivity contribution is 7.10. The van der Waals surface area contributed by atoms with E-state index >= 15 is 0 Å². The van der Waals surface area contributed by atoms with E-state index in [1.807, 2.05) is 18.4 Å². The normalized spacial score (nSPS) is 23.1. The first-order chi connectivity index (χ1) is 9.56. The minimum Gasteiger partial charge on any atom is -0.481 e. The molecule has 2 unspecified atom stereocenters. The van der Waals surface area contributed by atoms with Gasteiger partial charge in [0.15, 0.2) is 0 Å². The highest BCUT2D eigenvalue weighted by atomic mass is 32.1. The van der Waals surface area contributed by atoms with Crippen molar-refractivity contribution < 1.29 is 19.4 Å². The number of carboxylic acids is 1. The zero-order valence-electron chi connectivity index (χ0n) is 11.7. The van der Waals surface area contributed by atoms with Crippen LogP contribution in [0.1, 0.15) is 29.3 Å². The number of piperidine rings is 1. The molecule has 1 amide bonds. The number of methoxy groups -OCH3 is 1. The van der Waals surface area contributed by atoms with Gasteiger partial charge in [-0.3, -0.25) is 9.59 Å². The summed E-state index contributed by atoms with van der Waals surface area (Å²) in [4.78, 5) is 26.3. The molecule has 1 saturated heterocycles. The molecule has 0 spiro atoms. The molecule has 110 valence electrons. The fourth-order valence-corrected chi connectivity index (χ4v) is 3.78. The van der Waals surface area contributed by atoms with E-state index in [0.29, 0.717) is 26.0 Å². The second-order valence-electron chi connectivity index (χ2n) is 4.98.